The summed E-state index contributed by atoms with van der Waals surface area (Å²) in [6, 6.07) is 8.22. The molecule has 6 heteroatoms. The van der Waals surface area contributed by atoms with Crippen molar-refractivity contribution in [3.05, 3.63) is 42.2 Å². The van der Waals surface area contributed by atoms with E-state index in [1.54, 1.807) is 25.2 Å². The van der Waals surface area contributed by atoms with E-state index >= 15 is 0 Å². The molecule has 0 aliphatic rings. The molecule has 0 radical (unpaired) electrons. The van der Waals surface area contributed by atoms with Crippen molar-refractivity contribution in [3.63, 3.8) is 0 Å². The van der Waals surface area contributed by atoms with Gasteiger partial charge in [-0.05, 0) is 48.7 Å². The molecule has 2 rings (SSSR count). The summed E-state index contributed by atoms with van der Waals surface area (Å²) in [6.45, 7) is 0.908. The molecule has 0 aliphatic heterocycles. The summed E-state index contributed by atoms with van der Waals surface area (Å²) >= 11 is 1.26. The third-order valence-corrected chi connectivity index (χ3v) is 4.12. The number of carbonyl (C=O) groups is 1. The number of amides is 1. The molecule has 5 nitrogen and oxygen atoms in total. The molecular weight excluding hydrogens is 284 g/mol. The van der Waals surface area contributed by atoms with Crippen LogP contribution in [0, 0.1) is 0 Å². The van der Waals surface area contributed by atoms with Gasteiger partial charge in [-0.25, -0.2) is 0 Å². The lowest BCUT2D eigenvalue weighted by molar-refractivity contribution is 0.241. The average molecular weight is 304 g/mol. The van der Waals surface area contributed by atoms with Crippen molar-refractivity contribution in [2.45, 2.75) is 30.7 Å². The summed E-state index contributed by atoms with van der Waals surface area (Å²) in [6.07, 6.45) is 6.82. The Morgan fingerprint density at radius 2 is 2.00 bits per heavy atom. The summed E-state index contributed by atoms with van der Waals surface area (Å²) in [5.41, 5.74) is 1.30. The zero-order valence-corrected chi connectivity index (χ0v) is 13.2. The first kappa shape index (κ1) is 15.6. The number of nitrogens with zero attached hydrogens (tertiary/aromatic N) is 4. The normalized spacial score (nSPS) is 10.6. The Morgan fingerprint density at radius 1 is 1.24 bits per heavy atom. The maximum atomic E-state index is 11.6. The molecule has 112 valence electrons. The molecule has 0 aliphatic carbocycles. The number of hydrogen-bond donors (Lipinski definition) is 0. The Hall–Kier alpha value is -1.82. The minimum atomic E-state index is 0.0515. The number of hydrogen-bond acceptors (Lipinski definition) is 4. The molecule has 0 N–H and O–H groups in total. The minimum Gasteiger partial charge on any atom is -0.339 e. The third kappa shape index (κ3) is 5.23. The van der Waals surface area contributed by atoms with Gasteiger partial charge in [0.05, 0.1) is 6.20 Å². The lowest BCUT2D eigenvalue weighted by Crippen LogP contribution is -2.15. The van der Waals surface area contributed by atoms with Crippen LogP contribution in [-0.4, -0.2) is 39.2 Å². The van der Waals surface area contributed by atoms with Gasteiger partial charge in [0, 0.05) is 31.7 Å². The highest BCUT2D eigenvalue weighted by Crippen LogP contribution is 2.21. The van der Waals surface area contributed by atoms with Gasteiger partial charge in [-0.1, -0.05) is 17.3 Å². The Kier molecular flexibility index (Phi) is 5.80. The largest absolute Gasteiger partial charge is 0.339 e. The van der Waals surface area contributed by atoms with E-state index in [1.165, 1.54) is 17.3 Å². The van der Waals surface area contributed by atoms with Gasteiger partial charge in [-0.15, -0.1) is 5.10 Å². The summed E-state index contributed by atoms with van der Waals surface area (Å²) in [5.74, 6) is 0. The lowest BCUT2D eigenvalue weighted by atomic mass is 10.1. The van der Waals surface area contributed by atoms with E-state index in [2.05, 4.69) is 22.4 Å². The van der Waals surface area contributed by atoms with E-state index in [1.807, 2.05) is 23.0 Å². The summed E-state index contributed by atoms with van der Waals surface area (Å²) < 4.78 is 1.85. The summed E-state index contributed by atoms with van der Waals surface area (Å²) in [7, 11) is 3.53. The predicted molar refractivity (Wildman–Crippen MR) is 84.3 cm³/mol. The first-order valence-corrected chi connectivity index (χ1v) is 7.79. The SMILES string of the molecule is CN(C)C(=O)Sc1ccc(CCCCn2ccnn2)cc1. The predicted octanol–water partition coefficient (Wildman–Crippen LogP) is 3.07. The molecule has 0 saturated heterocycles. The van der Waals surface area contributed by atoms with Gasteiger partial charge in [0.25, 0.3) is 5.24 Å². The van der Waals surface area contributed by atoms with E-state index in [9.17, 15) is 4.79 Å². The number of thioether (sulfide) groups is 1. The second kappa shape index (κ2) is 7.83. The molecule has 0 bridgehead atoms. The fraction of sp³-hybridized carbons (Fsp3) is 0.400. The summed E-state index contributed by atoms with van der Waals surface area (Å²) in [5, 5.41) is 7.78. The molecule has 0 saturated carbocycles. The molecule has 1 aromatic heterocycles. The van der Waals surface area contributed by atoms with Gasteiger partial charge in [-0.2, -0.15) is 0 Å². The molecule has 1 amide bonds. The second-order valence-electron chi connectivity index (χ2n) is 5.03. The van der Waals surface area contributed by atoms with Gasteiger partial charge >= 0.3 is 0 Å². The molecule has 21 heavy (non-hydrogen) atoms. The number of aromatic nitrogens is 3. The Bertz CT molecular complexity index is 552. The van der Waals surface area contributed by atoms with Crippen molar-refractivity contribution < 1.29 is 4.79 Å². The van der Waals surface area contributed by atoms with Gasteiger partial charge in [0.15, 0.2) is 0 Å². The van der Waals surface area contributed by atoms with Crippen LogP contribution in [0.3, 0.4) is 0 Å². The number of aryl methyl sites for hydroxylation is 2. The van der Waals surface area contributed by atoms with Crippen molar-refractivity contribution in [2.24, 2.45) is 0 Å². The van der Waals surface area contributed by atoms with Crippen LogP contribution in [0.25, 0.3) is 0 Å². The Morgan fingerprint density at radius 3 is 2.62 bits per heavy atom. The molecule has 0 atom stereocenters. The molecule has 0 fully saturated rings. The number of benzene rings is 1. The smallest absolute Gasteiger partial charge is 0.285 e. The average Bonchev–Trinajstić information content (AvgIpc) is 2.98. The second-order valence-corrected chi connectivity index (χ2v) is 6.05. The van der Waals surface area contributed by atoms with Crippen LogP contribution >= 0.6 is 11.8 Å². The molecule has 2 aromatic rings. The van der Waals surface area contributed by atoms with E-state index < -0.39 is 0 Å². The highest BCUT2D eigenvalue weighted by Gasteiger charge is 2.06. The molecule has 1 aromatic carbocycles. The van der Waals surface area contributed by atoms with E-state index in [0.29, 0.717) is 0 Å². The van der Waals surface area contributed by atoms with Crippen molar-refractivity contribution in [2.75, 3.05) is 14.1 Å². The number of rotatable bonds is 6. The maximum absolute atomic E-state index is 11.6. The zero-order chi connectivity index (χ0) is 15.1. The van der Waals surface area contributed by atoms with Crippen molar-refractivity contribution >= 4 is 17.0 Å². The quantitative estimate of drug-likeness (QED) is 0.608. The highest BCUT2D eigenvalue weighted by atomic mass is 32.2. The topological polar surface area (TPSA) is 51.0 Å². The monoisotopic (exact) mass is 304 g/mol. The lowest BCUT2D eigenvalue weighted by Gasteiger charge is -2.09. The first-order valence-electron chi connectivity index (χ1n) is 6.97. The maximum Gasteiger partial charge on any atom is 0.285 e. The highest BCUT2D eigenvalue weighted by molar-refractivity contribution is 8.13. The van der Waals surface area contributed by atoms with Crippen molar-refractivity contribution in [3.8, 4) is 0 Å². The first-order chi connectivity index (χ1) is 10.1. The minimum absolute atomic E-state index is 0.0515. The van der Waals surface area contributed by atoms with E-state index in [0.717, 1.165) is 30.7 Å². The van der Waals surface area contributed by atoms with Crippen LogP contribution in [0.2, 0.25) is 0 Å². The zero-order valence-electron chi connectivity index (χ0n) is 12.4. The van der Waals surface area contributed by atoms with Gasteiger partial charge in [0.1, 0.15) is 0 Å². The van der Waals surface area contributed by atoms with Gasteiger partial charge in [-0.3, -0.25) is 9.48 Å². The van der Waals surface area contributed by atoms with Crippen LogP contribution in [-0.2, 0) is 13.0 Å². The Balaban J connectivity index is 1.73. The van der Waals surface area contributed by atoms with Crippen LogP contribution in [0.1, 0.15) is 18.4 Å². The third-order valence-electron chi connectivity index (χ3n) is 3.07. The molecule has 0 unspecified atom stereocenters. The van der Waals surface area contributed by atoms with Gasteiger partial charge in [0.2, 0.25) is 0 Å². The van der Waals surface area contributed by atoms with E-state index in [-0.39, 0.29) is 5.24 Å². The van der Waals surface area contributed by atoms with Crippen molar-refractivity contribution in [1.82, 2.24) is 19.9 Å². The standard InChI is InChI=1S/C15H20N4OS/c1-18(2)15(20)21-14-8-6-13(7-9-14)5-3-4-11-19-12-10-16-17-19/h6-10,12H,3-5,11H2,1-2H3. The fourth-order valence-corrected chi connectivity index (χ4v) is 2.53. The van der Waals surface area contributed by atoms with Gasteiger partial charge < -0.3 is 4.90 Å². The van der Waals surface area contributed by atoms with Crippen molar-refractivity contribution in [1.29, 1.82) is 0 Å². The number of carbonyl (C=O) groups excluding carboxylic acids is 1. The fourth-order valence-electron chi connectivity index (χ4n) is 1.87. The molecule has 0 spiro atoms. The Labute approximate surface area is 129 Å². The molecular formula is C15H20N4OS. The summed E-state index contributed by atoms with van der Waals surface area (Å²) in [4.78, 5) is 14.2. The number of unbranched alkanes of at least 4 members (excludes halogenated alkanes) is 1. The van der Waals surface area contributed by atoms with E-state index in [4.69, 9.17) is 0 Å². The molecule has 1 heterocycles. The van der Waals surface area contributed by atoms with Crippen LogP contribution in [0.15, 0.2) is 41.6 Å². The van der Waals surface area contributed by atoms with Crippen LogP contribution in [0.4, 0.5) is 4.79 Å². The van der Waals surface area contributed by atoms with Crippen LogP contribution in [0.5, 0.6) is 0 Å². The van der Waals surface area contributed by atoms with Crippen LogP contribution < -0.4 is 0 Å².